The zero-order chi connectivity index (χ0) is 48.7. The van der Waals surface area contributed by atoms with Crippen molar-refractivity contribution in [3.05, 3.63) is 78.1 Å². The number of aromatic nitrogens is 3. The van der Waals surface area contributed by atoms with Crippen LogP contribution in [0.15, 0.2) is 61.3 Å². The highest BCUT2D eigenvalue weighted by Gasteiger charge is 2.41. The summed E-state index contributed by atoms with van der Waals surface area (Å²) >= 11 is 0. The van der Waals surface area contributed by atoms with Crippen LogP contribution in [0.4, 0.5) is 13.2 Å². The zero-order valence-electron chi connectivity index (χ0n) is 39.4. The summed E-state index contributed by atoms with van der Waals surface area (Å²) in [5.74, 6) is -3.16. The van der Waals surface area contributed by atoms with Gasteiger partial charge in [-0.15, -0.1) is 0 Å². The number of nitrogens with one attached hydrogen (secondary N) is 2. The van der Waals surface area contributed by atoms with Crippen molar-refractivity contribution in [2.75, 3.05) is 33.8 Å². The number of aryl methyl sites for hydroxylation is 1. The van der Waals surface area contributed by atoms with Crippen LogP contribution in [0, 0.1) is 11.8 Å². The van der Waals surface area contributed by atoms with E-state index < -0.39 is 66.3 Å². The molecule has 6 bridgehead atoms. The molecular weight excluding hydrogens is 870 g/mol. The van der Waals surface area contributed by atoms with Crippen LogP contribution in [0.2, 0.25) is 0 Å². The van der Waals surface area contributed by atoms with Crippen molar-refractivity contribution in [1.29, 1.82) is 0 Å². The molecule has 0 saturated carbocycles. The summed E-state index contributed by atoms with van der Waals surface area (Å²) < 4.78 is 58.8. The molecule has 0 aliphatic carbocycles. The third-order valence-corrected chi connectivity index (χ3v) is 13.2. The van der Waals surface area contributed by atoms with E-state index >= 15 is 0 Å². The molecule has 2 aromatic carbocycles. The van der Waals surface area contributed by atoms with Gasteiger partial charge in [0.1, 0.15) is 30.3 Å². The van der Waals surface area contributed by atoms with E-state index in [1.807, 2.05) is 44.2 Å². The molecule has 67 heavy (non-hydrogen) atoms. The number of cyclic esters (lactones) is 1. The number of halogens is 3. The summed E-state index contributed by atoms with van der Waals surface area (Å²) in [7, 11) is 4.78. The number of benzene rings is 2. The van der Waals surface area contributed by atoms with E-state index in [0.29, 0.717) is 70.2 Å². The Morgan fingerprint density at radius 1 is 1.09 bits per heavy atom. The Balaban J connectivity index is 1.32. The second-order valence-electron chi connectivity index (χ2n) is 19.0. The van der Waals surface area contributed by atoms with Crippen molar-refractivity contribution >= 4 is 40.5 Å². The molecule has 2 saturated heterocycles. The lowest BCUT2D eigenvalue weighted by Crippen LogP contribution is -2.62. The van der Waals surface area contributed by atoms with Crippen molar-refractivity contribution in [1.82, 2.24) is 39.9 Å². The Morgan fingerprint density at radius 3 is 2.51 bits per heavy atom. The second kappa shape index (κ2) is 19.3. The average Bonchev–Trinajstić information content (AvgIpc) is 4.00. The number of likely N-dealkylation sites (tertiary alicyclic amines) is 1. The van der Waals surface area contributed by atoms with E-state index in [1.54, 1.807) is 56.6 Å². The quantitative estimate of drug-likeness (QED) is 0.146. The number of hydrazine groups is 1. The minimum Gasteiger partial charge on any atom is -0.458 e. The summed E-state index contributed by atoms with van der Waals surface area (Å²) in [5.41, 5.74) is 5.96. The highest BCUT2D eigenvalue weighted by Crippen LogP contribution is 2.43. The van der Waals surface area contributed by atoms with Gasteiger partial charge in [-0.2, -0.15) is 18.3 Å². The van der Waals surface area contributed by atoms with Crippen LogP contribution in [0.1, 0.15) is 76.8 Å². The van der Waals surface area contributed by atoms with Gasteiger partial charge in [-0.3, -0.25) is 33.7 Å². The van der Waals surface area contributed by atoms with Gasteiger partial charge >= 0.3 is 12.1 Å². The molecule has 0 radical (unpaired) electrons. The maximum atomic E-state index is 14.7. The molecular formula is C49H61F3N8O7. The normalized spacial score (nSPS) is 21.0. The number of carbonyl (C=O) groups excluding carboxylic acids is 5. The molecule has 7 rings (SSSR count). The van der Waals surface area contributed by atoms with Crippen LogP contribution >= 0.6 is 0 Å². The third-order valence-electron chi connectivity index (χ3n) is 13.2. The molecule has 5 atom stereocenters. The zero-order valence-corrected chi connectivity index (χ0v) is 39.4. The fraction of sp³-hybridized carbons (Fsp3) is 0.510. The minimum absolute atomic E-state index is 0.0119. The monoisotopic (exact) mass is 930 g/mol. The van der Waals surface area contributed by atoms with Crippen molar-refractivity contribution in [2.45, 2.75) is 109 Å². The molecule has 4 amide bonds. The number of nitrogens with zero attached hydrogens (tertiary/aromatic N) is 6. The maximum Gasteiger partial charge on any atom is 0.406 e. The van der Waals surface area contributed by atoms with Crippen molar-refractivity contribution < 1.29 is 46.6 Å². The van der Waals surface area contributed by atoms with Crippen LogP contribution in [-0.2, 0) is 59.9 Å². The van der Waals surface area contributed by atoms with Crippen molar-refractivity contribution in [3.63, 3.8) is 0 Å². The van der Waals surface area contributed by atoms with Gasteiger partial charge in [-0.1, -0.05) is 50.8 Å². The molecule has 15 nitrogen and oxygen atoms in total. The van der Waals surface area contributed by atoms with Gasteiger partial charge in [0.05, 0.1) is 29.6 Å². The Morgan fingerprint density at radius 2 is 1.82 bits per heavy atom. The van der Waals surface area contributed by atoms with Gasteiger partial charge in [-0.25, -0.2) is 5.43 Å². The summed E-state index contributed by atoms with van der Waals surface area (Å²) in [5, 5.41) is 9.29. The average molecular weight is 931 g/mol. The highest BCUT2D eigenvalue weighted by molar-refractivity contribution is 5.96. The molecule has 3 aliphatic heterocycles. The largest absolute Gasteiger partial charge is 0.458 e. The van der Waals surface area contributed by atoms with Crippen LogP contribution in [0.25, 0.3) is 33.3 Å². The van der Waals surface area contributed by atoms with E-state index in [2.05, 4.69) is 22.4 Å². The molecule has 1 unspecified atom stereocenters. The molecule has 0 spiro atoms. The maximum absolute atomic E-state index is 14.7. The number of ether oxygens (including phenoxy) is 2. The standard InChI is InChI=1S/C49H61F3N8O7/c1-10-40(61)58-20-18-33(26-58)45(63)56(7)41(28(2)3)44(62)54-38-22-30-13-11-14-31(21-30)32-16-17-39-34(23-32)35(24-48(5,6)67-47(65)37-15-12-19-60(55-37)46(38)64)43(59(39)27-49(50,51)52)36-25-53-57(8)42(36)29(4)66-9/h10-11,13-14,16-17,21,23,25,28-29,33,37-38,41,55H,1,12,15,18-20,22,24,26-27H2,2-9H3,(H,54,62)/t29-,33-,37-,38-,41?/m0/s1. The van der Waals surface area contributed by atoms with Crippen molar-refractivity contribution in [3.8, 4) is 22.4 Å². The van der Waals surface area contributed by atoms with Gasteiger partial charge < -0.3 is 29.2 Å². The molecule has 2 N–H and O–H groups in total. The first kappa shape index (κ1) is 48.9. The Kier molecular flexibility index (Phi) is 14.1. The topological polar surface area (TPSA) is 160 Å². The van der Waals surface area contributed by atoms with Gasteiger partial charge in [0.15, 0.2) is 0 Å². The summed E-state index contributed by atoms with van der Waals surface area (Å²) in [6.07, 6.45) is -1.19. The summed E-state index contributed by atoms with van der Waals surface area (Å²) in [6, 6.07) is 9.54. The predicted octanol–water partition coefficient (Wildman–Crippen LogP) is 5.90. The summed E-state index contributed by atoms with van der Waals surface area (Å²) in [6.45, 7) is 11.9. The number of hydrogen-bond acceptors (Lipinski definition) is 9. The number of likely N-dealkylation sites (N-methyl/N-ethyl adjacent to an activating group) is 1. The Bertz CT molecular complexity index is 2570. The second-order valence-corrected chi connectivity index (χ2v) is 19.0. The van der Waals surface area contributed by atoms with E-state index in [9.17, 15) is 37.1 Å². The Labute approximate surface area is 388 Å². The molecule has 360 valence electrons. The molecule has 18 heteroatoms. The fourth-order valence-corrected chi connectivity index (χ4v) is 9.98. The number of esters is 1. The van der Waals surface area contributed by atoms with Crippen LogP contribution in [-0.4, -0.2) is 122 Å². The lowest BCUT2D eigenvalue weighted by Gasteiger charge is -2.37. The molecule has 4 aromatic rings. The number of alkyl halides is 3. The predicted molar refractivity (Wildman–Crippen MR) is 245 cm³/mol. The lowest BCUT2D eigenvalue weighted by molar-refractivity contribution is -0.163. The van der Waals surface area contributed by atoms with E-state index in [4.69, 9.17) is 9.47 Å². The van der Waals surface area contributed by atoms with E-state index in [-0.39, 0.29) is 49.4 Å². The fourth-order valence-electron chi connectivity index (χ4n) is 9.98. The van der Waals surface area contributed by atoms with E-state index in [0.717, 1.165) is 0 Å². The van der Waals surface area contributed by atoms with Crippen LogP contribution < -0.4 is 10.7 Å². The number of methoxy groups -OCH3 is 1. The molecule has 3 aliphatic rings. The smallest absolute Gasteiger partial charge is 0.406 e. The van der Waals surface area contributed by atoms with Gasteiger partial charge in [0.25, 0.3) is 5.91 Å². The van der Waals surface area contributed by atoms with Gasteiger partial charge in [0, 0.05) is 70.1 Å². The summed E-state index contributed by atoms with van der Waals surface area (Å²) in [4.78, 5) is 72.4. The van der Waals surface area contributed by atoms with Crippen LogP contribution in [0.3, 0.4) is 0 Å². The number of hydrogen-bond donors (Lipinski definition) is 2. The highest BCUT2D eigenvalue weighted by atomic mass is 19.4. The number of rotatable bonds is 10. The molecule has 2 aromatic heterocycles. The number of fused-ring (bicyclic) bond motifs is 6. The van der Waals surface area contributed by atoms with E-state index in [1.165, 1.54) is 33.9 Å². The first-order chi connectivity index (χ1) is 31.6. The molecule has 5 heterocycles. The third kappa shape index (κ3) is 10.3. The Hall–Kier alpha value is -6.01. The van der Waals surface area contributed by atoms with Gasteiger partial charge in [-0.05, 0) is 86.4 Å². The van der Waals surface area contributed by atoms with Crippen molar-refractivity contribution in [2.24, 2.45) is 18.9 Å². The molecule has 2 fully saturated rings. The van der Waals surface area contributed by atoms with Gasteiger partial charge in [0.2, 0.25) is 17.7 Å². The van der Waals surface area contributed by atoms with Crippen LogP contribution in [0.5, 0.6) is 0 Å². The number of amides is 4. The minimum atomic E-state index is -4.61. The number of carbonyl (C=O) groups is 5. The lowest BCUT2D eigenvalue weighted by atomic mass is 9.92. The SMILES string of the molecule is C=CC(=O)N1CC[C@H](C(=O)N(C)C(C(=O)N[C@H]2Cc3cccc(c3)-c3ccc4c(c3)c(c(-c3cnn(C)c3[C@H](C)OC)n4CC(F)(F)F)CC(C)(C)OC(=O)[C@@H]3CCCN(N3)C2=O)C(C)C)C1. The first-order valence-corrected chi connectivity index (χ1v) is 22.8. The first-order valence-electron chi connectivity index (χ1n) is 22.8.